The second kappa shape index (κ2) is 6.88. The Balaban J connectivity index is 2.37. The Bertz CT molecular complexity index is 622. The minimum atomic E-state index is -0.337. The summed E-state index contributed by atoms with van der Waals surface area (Å²) in [5.41, 5.74) is 1.64. The van der Waals surface area contributed by atoms with E-state index in [1.165, 1.54) is 6.07 Å². The van der Waals surface area contributed by atoms with Crippen LogP contribution in [0.3, 0.4) is 0 Å². The first-order valence-corrected chi connectivity index (χ1v) is 7.17. The molecule has 0 aliphatic heterocycles. The van der Waals surface area contributed by atoms with E-state index in [-0.39, 0.29) is 10.6 Å². The highest BCUT2D eigenvalue weighted by atomic mass is 16.6. The number of benzene rings is 1. The number of hydrogen-bond donors (Lipinski definition) is 1. The first-order valence-electron chi connectivity index (χ1n) is 7.17. The molecule has 6 nitrogen and oxygen atoms in total. The topological polar surface area (TPSA) is 73.0 Å². The van der Waals surface area contributed by atoms with Gasteiger partial charge in [-0.3, -0.25) is 10.1 Å². The van der Waals surface area contributed by atoms with Crippen LogP contribution < -0.4 is 5.32 Å². The maximum atomic E-state index is 11.2. The lowest BCUT2D eigenvalue weighted by molar-refractivity contribution is -0.384. The van der Waals surface area contributed by atoms with Crippen LogP contribution >= 0.6 is 0 Å². The normalized spacial score (nSPS) is 10.6. The van der Waals surface area contributed by atoms with Crippen molar-refractivity contribution in [1.82, 2.24) is 9.55 Å². The minimum absolute atomic E-state index is 0.124. The van der Waals surface area contributed by atoms with E-state index in [1.54, 1.807) is 12.3 Å². The number of nitrogens with one attached hydrogen (secondary N) is 1. The van der Waals surface area contributed by atoms with E-state index in [0.717, 1.165) is 24.2 Å². The van der Waals surface area contributed by atoms with Crippen LogP contribution in [0.5, 0.6) is 0 Å². The van der Waals surface area contributed by atoms with E-state index in [4.69, 9.17) is 0 Å². The van der Waals surface area contributed by atoms with Crippen molar-refractivity contribution in [3.05, 3.63) is 52.1 Å². The maximum Gasteiger partial charge on any atom is 0.292 e. The fraction of sp³-hybridized carbons (Fsp3) is 0.400. The van der Waals surface area contributed by atoms with Crippen molar-refractivity contribution in [2.24, 2.45) is 0 Å². The van der Waals surface area contributed by atoms with Gasteiger partial charge in [0.2, 0.25) is 0 Å². The van der Waals surface area contributed by atoms with Crippen LogP contribution in [-0.2, 0) is 13.0 Å². The van der Waals surface area contributed by atoms with Gasteiger partial charge in [-0.15, -0.1) is 0 Å². The third-order valence-corrected chi connectivity index (χ3v) is 3.34. The van der Waals surface area contributed by atoms with Crippen molar-refractivity contribution >= 4 is 11.4 Å². The summed E-state index contributed by atoms with van der Waals surface area (Å²) in [4.78, 5) is 15.2. The first kappa shape index (κ1) is 15.0. The predicted octanol–water partition coefficient (Wildman–Crippen LogP) is 3.22. The molecule has 21 heavy (non-hydrogen) atoms. The van der Waals surface area contributed by atoms with E-state index < -0.39 is 0 Å². The summed E-state index contributed by atoms with van der Waals surface area (Å²) in [6.07, 6.45) is 5.41. The highest BCUT2D eigenvalue weighted by Gasteiger charge is 2.17. The molecule has 1 heterocycles. The van der Waals surface area contributed by atoms with Crippen LogP contribution in [-0.4, -0.2) is 21.0 Å². The van der Waals surface area contributed by atoms with Crippen molar-refractivity contribution < 1.29 is 4.92 Å². The van der Waals surface area contributed by atoms with Gasteiger partial charge >= 0.3 is 0 Å². The highest BCUT2D eigenvalue weighted by molar-refractivity contribution is 5.66. The lowest BCUT2D eigenvalue weighted by Crippen LogP contribution is -2.10. The second-order valence-electron chi connectivity index (χ2n) is 4.82. The Morgan fingerprint density at radius 3 is 2.86 bits per heavy atom. The Kier molecular flexibility index (Phi) is 4.92. The van der Waals surface area contributed by atoms with E-state index in [2.05, 4.69) is 10.3 Å². The number of imidazole rings is 1. The fourth-order valence-electron chi connectivity index (χ4n) is 2.31. The molecule has 2 rings (SSSR count). The van der Waals surface area contributed by atoms with Gasteiger partial charge in [0.25, 0.3) is 5.69 Å². The molecule has 0 unspecified atom stereocenters. The molecule has 0 aliphatic rings. The average molecular weight is 288 g/mol. The van der Waals surface area contributed by atoms with Crippen LogP contribution in [0.4, 0.5) is 11.4 Å². The SMILES string of the molecule is CCCNc1c(Cn2ccnc2CC)cccc1[N+](=O)[O-]. The Morgan fingerprint density at radius 1 is 1.38 bits per heavy atom. The zero-order valence-electron chi connectivity index (χ0n) is 12.4. The van der Waals surface area contributed by atoms with Crippen molar-refractivity contribution in [1.29, 1.82) is 0 Å². The van der Waals surface area contributed by atoms with Gasteiger partial charge in [-0.1, -0.05) is 26.0 Å². The molecule has 0 radical (unpaired) electrons. The number of nitrogens with zero attached hydrogens (tertiary/aromatic N) is 3. The van der Waals surface area contributed by atoms with E-state index in [0.29, 0.717) is 18.8 Å². The lowest BCUT2D eigenvalue weighted by atomic mass is 10.1. The van der Waals surface area contributed by atoms with Gasteiger partial charge in [0.15, 0.2) is 0 Å². The predicted molar refractivity (Wildman–Crippen MR) is 82.6 cm³/mol. The average Bonchev–Trinajstić information content (AvgIpc) is 2.92. The van der Waals surface area contributed by atoms with Gasteiger partial charge in [-0.25, -0.2) is 4.98 Å². The molecule has 0 saturated carbocycles. The molecule has 0 fully saturated rings. The molecule has 0 saturated heterocycles. The van der Waals surface area contributed by atoms with Crippen LogP contribution in [0.15, 0.2) is 30.6 Å². The molecule has 0 atom stereocenters. The van der Waals surface area contributed by atoms with Crippen molar-refractivity contribution in [3.63, 3.8) is 0 Å². The number of aromatic nitrogens is 2. The summed E-state index contributed by atoms with van der Waals surface area (Å²) in [5, 5.41) is 14.4. The first-order chi connectivity index (χ1) is 10.2. The third kappa shape index (κ3) is 3.39. The standard InChI is InChI=1S/C15H20N4O2/c1-3-8-17-15-12(6-5-7-13(15)19(20)21)11-18-10-9-16-14(18)4-2/h5-7,9-10,17H,3-4,8,11H2,1-2H3. The summed E-state index contributed by atoms with van der Waals surface area (Å²) in [5.74, 6) is 0.975. The molecule has 6 heteroatoms. The molecular formula is C15H20N4O2. The number of anilines is 1. The zero-order chi connectivity index (χ0) is 15.2. The molecule has 0 aliphatic carbocycles. The van der Waals surface area contributed by atoms with Gasteiger partial charge in [-0.2, -0.15) is 0 Å². The minimum Gasteiger partial charge on any atom is -0.379 e. The summed E-state index contributed by atoms with van der Waals surface area (Å²) in [6, 6.07) is 5.19. The Morgan fingerprint density at radius 2 is 2.19 bits per heavy atom. The van der Waals surface area contributed by atoms with Crippen LogP contribution in [0.1, 0.15) is 31.7 Å². The fourth-order valence-corrected chi connectivity index (χ4v) is 2.31. The van der Waals surface area contributed by atoms with E-state index in [1.807, 2.05) is 30.7 Å². The number of rotatable bonds is 7. The van der Waals surface area contributed by atoms with Gasteiger partial charge in [0.1, 0.15) is 11.5 Å². The van der Waals surface area contributed by atoms with Crippen molar-refractivity contribution in [2.75, 3.05) is 11.9 Å². The molecule has 1 N–H and O–H groups in total. The lowest BCUT2D eigenvalue weighted by Gasteiger charge is -2.13. The van der Waals surface area contributed by atoms with Crippen LogP contribution in [0, 0.1) is 10.1 Å². The number of aryl methyl sites for hydroxylation is 1. The van der Waals surface area contributed by atoms with Gasteiger partial charge in [-0.05, 0) is 6.42 Å². The molecule has 0 spiro atoms. The number of hydrogen-bond acceptors (Lipinski definition) is 4. The second-order valence-corrected chi connectivity index (χ2v) is 4.82. The monoisotopic (exact) mass is 288 g/mol. The molecular weight excluding hydrogens is 268 g/mol. The largest absolute Gasteiger partial charge is 0.379 e. The molecule has 2 aromatic rings. The smallest absolute Gasteiger partial charge is 0.292 e. The number of nitro benzene ring substituents is 1. The number of nitro groups is 1. The van der Waals surface area contributed by atoms with E-state index in [9.17, 15) is 10.1 Å². The molecule has 1 aromatic heterocycles. The van der Waals surface area contributed by atoms with Gasteiger partial charge in [0, 0.05) is 37.0 Å². The molecule has 0 bridgehead atoms. The molecule has 112 valence electrons. The quantitative estimate of drug-likeness (QED) is 0.627. The molecule has 1 aromatic carbocycles. The third-order valence-electron chi connectivity index (χ3n) is 3.34. The van der Waals surface area contributed by atoms with Crippen LogP contribution in [0.25, 0.3) is 0 Å². The van der Waals surface area contributed by atoms with E-state index >= 15 is 0 Å². The van der Waals surface area contributed by atoms with Gasteiger partial charge < -0.3 is 9.88 Å². The summed E-state index contributed by atoms with van der Waals surface area (Å²) in [6.45, 7) is 5.37. The highest BCUT2D eigenvalue weighted by Crippen LogP contribution is 2.29. The summed E-state index contributed by atoms with van der Waals surface area (Å²) >= 11 is 0. The van der Waals surface area contributed by atoms with Crippen LogP contribution in [0.2, 0.25) is 0 Å². The summed E-state index contributed by atoms with van der Waals surface area (Å²) < 4.78 is 2.02. The van der Waals surface area contributed by atoms with Crippen molar-refractivity contribution in [2.45, 2.75) is 33.2 Å². The Labute approximate surface area is 124 Å². The van der Waals surface area contributed by atoms with Gasteiger partial charge in [0.05, 0.1) is 11.5 Å². The molecule has 0 amide bonds. The Hall–Kier alpha value is -2.37. The maximum absolute atomic E-state index is 11.2. The van der Waals surface area contributed by atoms with Crippen molar-refractivity contribution in [3.8, 4) is 0 Å². The zero-order valence-corrected chi connectivity index (χ0v) is 12.4. The number of para-hydroxylation sites is 1. The summed E-state index contributed by atoms with van der Waals surface area (Å²) in [7, 11) is 0.